The maximum Gasteiger partial charge on any atom is 0.276 e. The molecule has 25 heavy (non-hydrogen) atoms. The van der Waals surface area contributed by atoms with Crippen molar-refractivity contribution in [3.63, 3.8) is 0 Å². The first kappa shape index (κ1) is 15.7. The minimum Gasteiger partial charge on any atom is -0.390 e. The summed E-state index contributed by atoms with van der Waals surface area (Å²) >= 11 is 0. The van der Waals surface area contributed by atoms with Crippen molar-refractivity contribution in [3.8, 4) is 0 Å². The number of H-pyrrole nitrogens is 2. The standard InChI is InChI=1S/C16H19N7O2/c24-11-8-22(10-15-18-12-3-1-2-4-13(12)19-15)5-6-23(9-11)16(25)14-7-17-21-20-14/h1-4,7,11,24H,5-6,8-10H2,(H,18,19)(H,17,20,21). The number of aromatic amines is 2. The lowest BCUT2D eigenvalue weighted by molar-refractivity contribution is 0.0657. The molecule has 3 heterocycles. The van der Waals surface area contributed by atoms with E-state index in [1.54, 1.807) is 4.90 Å². The molecular formula is C16H19N7O2. The highest BCUT2D eigenvalue weighted by Gasteiger charge is 2.26. The molecule has 3 N–H and O–H groups in total. The summed E-state index contributed by atoms with van der Waals surface area (Å²) in [7, 11) is 0. The zero-order valence-electron chi connectivity index (χ0n) is 13.6. The molecule has 2 aromatic heterocycles. The van der Waals surface area contributed by atoms with Gasteiger partial charge >= 0.3 is 0 Å². The monoisotopic (exact) mass is 341 g/mol. The van der Waals surface area contributed by atoms with Gasteiger partial charge in [0.2, 0.25) is 0 Å². The first-order valence-corrected chi connectivity index (χ1v) is 8.18. The second kappa shape index (κ2) is 6.61. The number of rotatable bonds is 3. The van der Waals surface area contributed by atoms with E-state index in [4.69, 9.17) is 0 Å². The van der Waals surface area contributed by atoms with Crippen LogP contribution >= 0.6 is 0 Å². The Bertz CT molecular complexity index is 827. The van der Waals surface area contributed by atoms with Crippen LogP contribution in [0.2, 0.25) is 0 Å². The average molecular weight is 341 g/mol. The number of amides is 1. The molecule has 1 unspecified atom stereocenters. The van der Waals surface area contributed by atoms with Crippen LogP contribution in [0.5, 0.6) is 0 Å². The third-order valence-electron chi connectivity index (χ3n) is 4.32. The van der Waals surface area contributed by atoms with Gasteiger partial charge in [-0.3, -0.25) is 9.69 Å². The molecule has 0 saturated carbocycles. The molecule has 9 nitrogen and oxygen atoms in total. The Labute approximate surface area is 143 Å². The zero-order chi connectivity index (χ0) is 17.2. The van der Waals surface area contributed by atoms with E-state index in [9.17, 15) is 9.90 Å². The van der Waals surface area contributed by atoms with Crippen molar-refractivity contribution in [2.45, 2.75) is 12.6 Å². The number of aliphatic hydroxyl groups excluding tert-OH is 1. The maximum absolute atomic E-state index is 12.4. The fourth-order valence-electron chi connectivity index (χ4n) is 3.14. The second-order valence-corrected chi connectivity index (χ2v) is 6.20. The SMILES string of the molecule is O=C(c1cn[nH]n1)N1CCN(Cc2nc3ccccc3[nH]2)CC(O)C1. The van der Waals surface area contributed by atoms with E-state index in [1.807, 2.05) is 24.3 Å². The number of nitrogens with zero attached hydrogens (tertiary/aromatic N) is 5. The molecule has 0 spiro atoms. The van der Waals surface area contributed by atoms with Crippen LogP contribution in [-0.4, -0.2) is 78.5 Å². The number of para-hydroxylation sites is 2. The van der Waals surface area contributed by atoms with E-state index >= 15 is 0 Å². The van der Waals surface area contributed by atoms with Crippen LogP contribution in [0.3, 0.4) is 0 Å². The van der Waals surface area contributed by atoms with Gasteiger partial charge in [0.1, 0.15) is 5.82 Å². The van der Waals surface area contributed by atoms with Gasteiger partial charge < -0.3 is 15.0 Å². The highest BCUT2D eigenvalue weighted by Crippen LogP contribution is 2.14. The van der Waals surface area contributed by atoms with Crippen LogP contribution < -0.4 is 0 Å². The van der Waals surface area contributed by atoms with Gasteiger partial charge in [-0.15, -0.1) is 0 Å². The lowest BCUT2D eigenvalue weighted by Gasteiger charge is -2.20. The van der Waals surface area contributed by atoms with Gasteiger partial charge in [0.05, 0.1) is 29.9 Å². The lowest BCUT2D eigenvalue weighted by atomic mass is 10.3. The van der Waals surface area contributed by atoms with E-state index < -0.39 is 6.10 Å². The number of aromatic nitrogens is 5. The predicted molar refractivity (Wildman–Crippen MR) is 89.7 cm³/mol. The Morgan fingerprint density at radius 1 is 1.28 bits per heavy atom. The minimum atomic E-state index is -0.622. The molecule has 1 fully saturated rings. The summed E-state index contributed by atoms with van der Waals surface area (Å²) in [4.78, 5) is 24.0. The van der Waals surface area contributed by atoms with Gasteiger partial charge in [-0.1, -0.05) is 12.1 Å². The van der Waals surface area contributed by atoms with Gasteiger partial charge in [-0.25, -0.2) is 4.98 Å². The zero-order valence-corrected chi connectivity index (χ0v) is 13.6. The fraction of sp³-hybridized carbons (Fsp3) is 0.375. The van der Waals surface area contributed by atoms with Crippen molar-refractivity contribution in [3.05, 3.63) is 42.0 Å². The van der Waals surface area contributed by atoms with Gasteiger partial charge in [-0.05, 0) is 12.1 Å². The number of β-amino-alcohol motifs (C(OH)–C–C–N with tert-alkyl or cyclic N) is 1. The summed E-state index contributed by atoms with van der Waals surface area (Å²) in [6.45, 7) is 2.53. The maximum atomic E-state index is 12.4. The number of carbonyl (C=O) groups is 1. The third-order valence-corrected chi connectivity index (χ3v) is 4.32. The molecule has 0 radical (unpaired) electrons. The van der Waals surface area contributed by atoms with E-state index in [0.29, 0.717) is 26.2 Å². The summed E-state index contributed by atoms with van der Waals surface area (Å²) in [6, 6.07) is 7.87. The molecule has 1 aliphatic rings. The molecular weight excluding hydrogens is 322 g/mol. The van der Waals surface area contributed by atoms with Crippen LogP contribution in [0.15, 0.2) is 30.5 Å². The fourth-order valence-corrected chi connectivity index (χ4v) is 3.14. The number of benzene rings is 1. The van der Waals surface area contributed by atoms with Crippen LogP contribution in [0.25, 0.3) is 11.0 Å². The van der Waals surface area contributed by atoms with Gasteiger partial charge in [0, 0.05) is 26.2 Å². The highest BCUT2D eigenvalue weighted by atomic mass is 16.3. The van der Waals surface area contributed by atoms with Crippen molar-refractivity contribution < 1.29 is 9.90 Å². The van der Waals surface area contributed by atoms with Crippen LogP contribution in [0.1, 0.15) is 16.3 Å². The molecule has 3 aromatic rings. The first-order valence-electron chi connectivity index (χ1n) is 8.18. The lowest BCUT2D eigenvalue weighted by Crippen LogP contribution is -2.37. The van der Waals surface area contributed by atoms with E-state index in [2.05, 4.69) is 30.3 Å². The summed E-state index contributed by atoms with van der Waals surface area (Å²) < 4.78 is 0. The predicted octanol–water partition coefficient (Wildman–Crippen LogP) is -0.000100. The summed E-state index contributed by atoms with van der Waals surface area (Å²) in [6.07, 6.45) is 0.772. The number of imidazole rings is 1. The molecule has 1 aromatic carbocycles. The van der Waals surface area contributed by atoms with Crippen molar-refractivity contribution in [2.75, 3.05) is 26.2 Å². The molecule has 9 heteroatoms. The number of nitrogens with one attached hydrogen (secondary N) is 2. The van der Waals surface area contributed by atoms with Crippen molar-refractivity contribution in [1.29, 1.82) is 0 Å². The number of aliphatic hydroxyl groups is 1. The normalized spacial score (nSPS) is 19.2. The molecule has 130 valence electrons. The number of hydrogen-bond donors (Lipinski definition) is 3. The van der Waals surface area contributed by atoms with Crippen molar-refractivity contribution in [2.24, 2.45) is 0 Å². The molecule has 1 amide bonds. The van der Waals surface area contributed by atoms with E-state index in [-0.39, 0.29) is 18.1 Å². The molecule has 1 saturated heterocycles. The minimum absolute atomic E-state index is 0.224. The Hall–Kier alpha value is -2.78. The largest absolute Gasteiger partial charge is 0.390 e. The van der Waals surface area contributed by atoms with Gasteiger partial charge in [0.25, 0.3) is 5.91 Å². The Morgan fingerprint density at radius 3 is 2.96 bits per heavy atom. The third kappa shape index (κ3) is 3.37. The summed E-state index contributed by atoms with van der Waals surface area (Å²) in [5, 5.41) is 20.2. The molecule has 0 aliphatic carbocycles. The van der Waals surface area contributed by atoms with E-state index in [0.717, 1.165) is 16.9 Å². The van der Waals surface area contributed by atoms with Crippen LogP contribution in [0.4, 0.5) is 0 Å². The summed E-state index contributed by atoms with van der Waals surface area (Å²) in [5.74, 6) is 0.628. The molecule has 0 bridgehead atoms. The second-order valence-electron chi connectivity index (χ2n) is 6.20. The van der Waals surface area contributed by atoms with Crippen molar-refractivity contribution >= 4 is 16.9 Å². The number of carbonyl (C=O) groups excluding carboxylic acids is 1. The molecule has 1 atom stereocenters. The van der Waals surface area contributed by atoms with Crippen LogP contribution in [-0.2, 0) is 6.54 Å². The Kier molecular flexibility index (Phi) is 4.16. The highest BCUT2D eigenvalue weighted by molar-refractivity contribution is 5.91. The number of hydrogen-bond acceptors (Lipinski definition) is 6. The summed E-state index contributed by atoms with van der Waals surface area (Å²) in [5.41, 5.74) is 2.18. The quantitative estimate of drug-likeness (QED) is 0.618. The topological polar surface area (TPSA) is 114 Å². The number of fused-ring (bicyclic) bond motifs is 1. The van der Waals surface area contributed by atoms with Crippen LogP contribution in [0, 0.1) is 0 Å². The van der Waals surface area contributed by atoms with Gasteiger partial charge in [0.15, 0.2) is 5.69 Å². The molecule has 4 rings (SSSR count). The van der Waals surface area contributed by atoms with Gasteiger partial charge in [-0.2, -0.15) is 15.4 Å². The first-order chi connectivity index (χ1) is 12.2. The van der Waals surface area contributed by atoms with E-state index in [1.165, 1.54) is 6.20 Å². The average Bonchev–Trinajstić information content (AvgIpc) is 3.22. The smallest absolute Gasteiger partial charge is 0.276 e. The Morgan fingerprint density at radius 2 is 2.16 bits per heavy atom. The Balaban J connectivity index is 1.44. The molecule has 1 aliphatic heterocycles. The van der Waals surface area contributed by atoms with Crippen molar-refractivity contribution in [1.82, 2.24) is 35.2 Å².